The van der Waals surface area contributed by atoms with Crippen LogP contribution in [-0.2, 0) is 13.2 Å². The summed E-state index contributed by atoms with van der Waals surface area (Å²) in [4.78, 5) is 0. The number of anilines is 1. The van der Waals surface area contributed by atoms with Crippen molar-refractivity contribution >= 4 is 5.69 Å². The van der Waals surface area contributed by atoms with Gasteiger partial charge in [0.05, 0.1) is 20.3 Å². The number of rotatable bonds is 7. The molecule has 0 amide bonds. The summed E-state index contributed by atoms with van der Waals surface area (Å²) in [5, 5.41) is 12.5. The topological polar surface area (TPSA) is 50.7 Å². The average molecular weight is 287 g/mol. The fourth-order valence-corrected chi connectivity index (χ4v) is 2.08. The minimum Gasteiger partial charge on any atom is -0.493 e. The van der Waals surface area contributed by atoms with Gasteiger partial charge in [0.15, 0.2) is 11.5 Å². The summed E-state index contributed by atoms with van der Waals surface area (Å²) in [6.45, 7) is 3.29. The highest BCUT2D eigenvalue weighted by atomic mass is 16.5. The minimum absolute atomic E-state index is 0.0480. The van der Waals surface area contributed by atoms with E-state index in [9.17, 15) is 0 Å². The van der Waals surface area contributed by atoms with Gasteiger partial charge < -0.3 is 19.9 Å². The molecule has 2 aromatic carbocycles. The first-order valence-corrected chi connectivity index (χ1v) is 7.00. The molecule has 0 saturated carbocycles. The molecule has 21 heavy (non-hydrogen) atoms. The van der Waals surface area contributed by atoms with Gasteiger partial charge in [-0.3, -0.25) is 0 Å². The molecule has 0 heterocycles. The lowest BCUT2D eigenvalue weighted by Gasteiger charge is -2.12. The third-order valence-electron chi connectivity index (χ3n) is 3.13. The highest BCUT2D eigenvalue weighted by Crippen LogP contribution is 2.28. The van der Waals surface area contributed by atoms with Crippen LogP contribution in [0.3, 0.4) is 0 Å². The Kier molecular flexibility index (Phi) is 5.46. The zero-order valence-corrected chi connectivity index (χ0v) is 12.4. The van der Waals surface area contributed by atoms with Gasteiger partial charge in [-0.15, -0.1) is 0 Å². The summed E-state index contributed by atoms with van der Waals surface area (Å²) in [7, 11) is 1.64. The van der Waals surface area contributed by atoms with Crippen LogP contribution in [0.2, 0.25) is 0 Å². The molecule has 4 nitrogen and oxygen atoms in total. The van der Waals surface area contributed by atoms with Crippen LogP contribution in [0.5, 0.6) is 11.5 Å². The molecule has 0 aliphatic heterocycles. The van der Waals surface area contributed by atoms with Crippen LogP contribution in [0.25, 0.3) is 0 Å². The summed E-state index contributed by atoms with van der Waals surface area (Å²) in [5.41, 5.74) is 2.98. The molecule has 0 atom stereocenters. The monoisotopic (exact) mass is 287 g/mol. The van der Waals surface area contributed by atoms with Crippen LogP contribution < -0.4 is 14.8 Å². The van der Waals surface area contributed by atoms with Gasteiger partial charge in [-0.25, -0.2) is 0 Å². The number of methoxy groups -OCH3 is 1. The molecular weight excluding hydrogens is 266 g/mol. The average Bonchev–Trinajstić information content (AvgIpc) is 2.54. The van der Waals surface area contributed by atoms with Gasteiger partial charge >= 0.3 is 0 Å². The number of ether oxygens (including phenoxy) is 2. The Bertz CT molecular complexity index is 584. The van der Waals surface area contributed by atoms with Crippen molar-refractivity contribution in [1.82, 2.24) is 0 Å². The molecule has 0 aromatic heterocycles. The number of hydrogen-bond acceptors (Lipinski definition) is 4. The predicted molar refractivity (Wildman–Crippen MR) is 83.9 cm³/mol. The smallest absolute Gasteiger partial charge is 0.161 e. The van der Waals surface area contributed by atoms with Crippen molar-refractivity contribution < 1.29 is 14.6 Å². The molecule has 0 saturated heterocycles. The van der Waals surface area contributed by atoms with Crippen molar-refractivity contribution in [3.63, 3.8) is 0 Å². The van der Waals surface area contributed by atoms with E-state index < -0.39 is 0 Å². The van der Waals surface area contributed by atoms with E-state index in [1.165, 1.54) is 0 Å². The van der Waals surface area contributed by atoms with Gasteiger partial charge in [-0.1, -0.05) is 18.2 Å². The Hall–Kier alpha value is -2.20. The zero-order chi connectivity index (χ0) is 15.1. The fraction of sp³-hybridized carbons (Fsp3) is 0.294. The zero-order valence-electron chi connectivity index (χ0n) is 12.4. The van der Waals surface area contributed by atoms with E-state index in [1.807, 2.05) is 49.4 Å². The van der Waals surface area contributed by atoms with E-state index >= 15 is 0 Å². The Morgan fingerprint density at radius 1 is 1.05 bits per heavy atom. The molecule has 2 N–H and O–H groups in total. The van der Waals surface area contributed by atoms with E-state index in [2.05, 4.69) is 5.32 Å². The van der Waals surface area contributed by atoms with Gasteiger partial charge in [0, 0.05) is 12.2 Å². The number of aliphatic hydroxyl groups is 1. The summed E-state index contributed by atoms with van der Waals surface area (Å²) in [6, 6.07) is 13.6. The first kappa shape index (κ1) is 15.2. The molecule has 0 unspecified atom stereocenters. The molecule has 0 aliphatic carbocycles. The number of nitrogens with one attached hydrogen (secondary N) is 1. The summed E-state index contributed by atoms with van der Waals surface area (Å²) in [5.74, 6) is 1.49. The first-order valence-electron chi connectivity index (χ1n) is 7.00. The molecule has 2 rings (SSSR count). The van der Waals surface area contributed by atoms with E-state index in [-0.39, 0.29) is 6.61 Å². The standard InChI is InChI=1S/C17H21NO3/c1-3-21-16-8-7-13(10-17(16)20-2)11-18-15-6-4-5-14(9-15)12-19/h4-10,18-19H,3,11-12H2,1-2H3. The van der Waals surface area contributed by atoms with Crippen molar-refractivity contribution in [3.8, 4) is 11.5 Å². The van der Waals surface area contributed by atoms with E-state index in [0.717, 1.165) is 28.3 Å². The number of aliphatic hydroxyl groups excluding tert-OH is 1. The number of benzene rings is 2. The van der Waals surface area contributed by atoms with Crippen LogP contribution in [0.1, 0.15) is 18.1 Å². The second kappa shape index (κ2) is 7.55. The molecule has 0 bridgehead atoms. The van der Waals surface area contributed by atoms with Gasteiger partial charge in [0.2, 0.25) is 0 Å². The van der Waals surface area contributed by atoms with Gasteiger partial charge in [-0.2, -0.15) is 0 Å². The second-order valence-electron chi connectivity index (χ2n) is 4.63. The van der Waals surface area contributed by atoms with Gasteiger partial charge in [-0.05, 0) is 42.3 Å². The predicted octanol–water partition coefficient (Wildman–Crippen LogP) is 3.20. The lowest BCUT2D eigenvalue weighted by molar-refractivity contribution is 0.282. The third-order valence-corrected chi connectivity index (χ3v) is 3.13. The quantitative estimate of drug-likeness (QED) is 0.821. The van der Waals surface area contributed by atoms with Crippen LogP contribution >= 0.6 is 0 Å². The van der Waals surface area contributed by atoms with E-state index in [0.29, 0.717) is 13.2 Å². The maximum Gasteiger partial charge on any atom is 0.161 e. The Labute approximate surface area is 125 Å². The summed E-state index contributed by atoms with van der Waals surface area (Å²) >= 11 is 0. The largest absolute Gasteiger partial charge is 0.493 e. The molecule has 0 fully saturated rings. The highest BCUT2D eigenvalue weighted by molar-refractivity contribution is 5.48. The van der Waals surface area contributed by atoms with Crippen LogP contribution in [0.15, 0.2) is 42.5 Å². The molecule has 2 aromatic rings. The second-order valence-corrected chi connectivity index (χ2v) is 4.63. The fourth-order valence-electron chi connectivity index (χ4n) is 2.08. The maximum absolute atomic E-state index is 9.14. The summed E-state index contributed by atoms with van der Waals surface area (Å²) in [6.07, 6.45) is 0. The van der Waals surface area contributed by atoms with Crippen molar-refractivity contribution in [2.45, 2.75) is 20.1 Å². The Morgan fingerprint density at radius 2 is 1.90 bits per heavy atom. The molecule has 4 heteroatoms. The lowest BCUT2D eigenvalue weighted by atomic mass is 10.1. The first-order chi connectivity index (χ1) is 10.3. The third kappa shape index (κ3) is 4.13. The Balaban J connectivity index is 2.05. The molecule has 0 aliphatic rings. The van der Waals surface area contributed by atoms with Crippen molar-refractivity contribution in [2.75, 3.05) is 19.0 Å². The van der Waals surface area contributed by atoms with Gasteiger partial charge in [0.1, 0.15) is 0 Å². The maximum atomic E-state index is 9.14. The van der Waals surface area contributed by atoms with Gasteiger partial charge in [0.25, 0.3) is 0 Å². The van der Waals surface area contributed by atoms with E-state index in [1.54, 1.807) is 7.11 Å². The number of hydrogen-bond donors (Lipinski definition) is 2. The minimum atomic E-state index is 0.0480. The molecule has 112 valence electrons. The summed E-state index contributed by atoms with van der Waals surface area (Å²) < 4.78 is 10.8. The van der Waals surface area contributed by atoms with Crippen molar-refractivity contribution in [2.24, 2.45) is 0 Å². The highest BCUT2D eigenvalue weighted by Gasteiger charge is 2.05. The molecule has 0 radical (unpaired) electrons. The lowest BCUT2D eigenvalue weighted by Crippen LogP contribution is -2.01. The van der Waals surface area contributed by atoms with Crippen LogP contribution in [0, 0.1) is 0 Å². The van der Waals surface area contributed by atoms with Crippen molar-refractivity contribution in [3.05, 3.63) is 53.6 Å². The van der Waals surface area contributed by atoms with Crippen LogP contribution in [-0.4, -0.2) is 18.8 Å². The van der Waals surface area contributed by atoms with E-state index in [4.69, 9.17) is 14.6 Å². The molecular formula is C17H21NO3. The van der Waals surface area contributed by atoms with Crippen LogP contribution in [0.4, 0.5) is 5.69 Å². The van der Waals surface area contributed by atoms with Crippen molar-refractivity contribution in [1.29, 1.82) is 0 Å². The normalized spacial score (nSPS) is 10.2. The SMILES string of the molecule is CCOc1ccc(CNc2cccc(CO)c2)cc1OC. The molecule has 0 spiro atoms. The Morgan fingerprint density at radius 3 is 2.62 bits per heavy atom.